The van der Waals surface area contributed by atoms with Gasteiger partial charge in [-0.1, -0.05) is 24.3 Å². The molecule has 2 aromatic carbocycles. The molecule has 0 saturated carbocycles. The third kappa shape index (κ3) is 3.39. The van der Waals surface area contributed by atoms with Crippen molar-refractivity contribution in [3.8, 4) is 0 Å². The minimum Gasteiger partial charge on any atom is -0.351 e. The standard InChI is InChI=1S/C19H17FN2O3S/c1-2-11-21-19(23)13-22-12-18(16-5-3-4-6-17(16)22)26(24,25)15-9-7-14(20)8-10-15/h2-10,12H,1,11,13H2,(H,21,23). The van der Waals surface area contributed by atoms with E-state index >= 15 is 0 Å². The van der Waals surface area contributed by atoms with Crippen molar-refractivity contribution in [3.05, 3.63) is 73.2 Å². The van der Waals surface area contributed by atoms with Gasteiger partial charge < -0.3 is 9.88 Å². The Bertz CT molecular complexity index is 1070. The van der Waals surface area contributed by atoms with Crippen molar-refractivity contribution in [1.29, 1.82) is 0 Å². The Hall–Kier alpha value is -2.93. The summed E-state index contributed by atoms with van der Waals surface area (Å²) < 4.78 is 40.7. The van der Waals surface area contributed by atoms with Crippen molar-refractivity contribution in [2.75, 3.05) is 6.54 Å². The number of rotatable bonds is 6. The van der Waals surface area contributed by atoms with E-state index in [1.165, 1.54) is 18.3 Å². The molecule has 0 aliphatic carbocycles. The largest absolute Gasteiger partial charge is 0.351 e. The lowest BCUT2D eigenvalue weighted by molar-refractivity contribution is -0.121. The average molecular weight is 372 g/mol. The van der Waals surface area contributed by atoms with Gasteiger partial charge >= 0.3 is 0 Å². The van der Waals surface area contributed by atoms with E-state index in [1.807, 2.05) is 0 Å². The van der Waals surface area contributed by atoms with E-state index in [4.69, 9.17) is 0 Å². The Labute approximate surface area is 150 Å². The number of carbonyl (C=O) groups excluding carboxylic acids is 1. The highest BCUT2D eigenvalue weighted by molar-refractivity contribution is 7.91. The summed E-state index contributed by atoms with van der Waals surface area (Å²) >= 11 is 0. The van der Waals surface area contributed by atoms with Gasteiger partial charge in [0.05, 0.1) is 9.79 Å². The number of fused-ring (bicyclic) bond motifs is 1. The number of amides is 1. The van der Waals surface area contributed by atoms with Crippen molar-refractivity contribution in [1.82, 2.24) is 9.88 Å². The van der Waals surface area contributed by atoms with Gasteiger partial charge in [0.1, 0.15) is 12.4 Å². The van der Waals surface area contributed by atoms with Gasteiger partial charge in [-0.05, 0) is 30.3 Å². The molecule has 7 heteroatoms. The Morgan fingerprint density at radius 2 is 1.85 bits per heavy atom. The lowest BCUT2D eigenvalue weighted by Gasteiger charge is -2.05. The second kappa shape index (κ2) is 7.13. The SMILES string of the molecule is C=CCNC(=O)Cn1cc(S(=O)(=O)c2ccc(F)cc2)c2ccccc21. The molecular formula is C19H17FN2O3S. The zero-order valence-corrected chi connectivity index (χ0v) is 14.7. The highest BCUT2D eigenvalue weighted by Gasteiger charge is 2.23. The number of halogens is 1. The maximum Gasteiger partial charge on any atom is 0.240 e. The Morgan fingerprint density at radius 1 is 1.15 bits per heavy atom. The van der Waals surface area contributed by atoms with Crippen molar-refractivity contribution in [3.63, 3.8) is 0 Å². The zero-order chi connectivity index (χ0) is 18.7. The van der Waals surface area contributed by atoms with Crippen LogP contribution in [0, 0.1) is 5.82 Å². The maximum absolute atomic E-state index is 13.1. The molecule has 134 valence electrons. The van der Waals surface area contributed by atoms with Gasteiger partial charge in [-0.2, -0.15) is 0 Å². The number of aromatic nitrogens is 1. The third-order valence-electron chi connectivity index (χ3n) is 3.92. The summed E-state index contributed by atoms with van der Waals surface area (Å²) in [5.74, 6) is -0.762. The third-order valence-corrected chi connectivity index (χ3v) is 5.72. The number of nitrogens with one attached hydrogen (secondary N) is 1. The van der Waals surface area contributed by atoms with E-state index in [2.05, 4.69) is 11.9 Å². The summed E-state index contributed by atoms with van der Waals surface area (Å²) in [4.78, 5) is 12.1. The van der Waals surface area contributed by atoms with Crippen LogP contribution < -0.4 is 5.32 Å². The Kier molecular flexibility index (Phi) is 4.90. The predicted molar refractivity (Wildman–Crippen MR) is 97.0 cm³/mol. The van der Waals surface area contributed by atoms with E-state index in [-0.39, 0.29) is 22.2 Å². The molecule has 3 aromatic rings. The summed E-state index contributed by atoms with van der Waals surface area (Å²) in [5, 5.41) is 3.17. The highest BCUT2D eigenvalue weighted by Crippen LogP contribution is 2.30. The van der Waals surface area contributed by atoms with Crippen molar-refractivity contribution in [2.24, 2.45) is 0 Å². The molecule has 5 nitrogen and oxygen atoms in total. The number of sulfone groups is 1. The van der Waals surface area contributed by atoms with Crippen LogP contribution >= 0.6 is 0 Å². The van der Waals surface area contributed by atoms with Crippen LogP contribution in [-0.2, 0) is 21.2 Å². The van der Waals surface area contributed by atoms with Crippen molar-refractivity contribution < 1.29 is 17.6 Å². The summed E-state index contributed by atoms with van der Waals surface area (Å²) in [6.45, 7) is 3.85. The first-order valence-electron chi connectivity index (χ1n) is 7.89. The van der Waals surface area contributed by atoms with Gasteiger partial charge in [0.25, 0.3) is 0 Å². The number of hydrogen-bond donors (Lipinski definition) is 1. The normalized spacial score (nSPS) is 11.4. The summed E-state index contributed by atoms with van der Waals surface area (Å²) in [6.07, 6.45) is 3.01. The molecule has 1 aromatic heterocycles. The second-order valence-electron chi connectivity index (χ2n) is 5.69. The van der Waals surface area contributed by atoms with E-state index in [0.717, 1.165) is 12.1 Å². The van der Waals surface area contributed by atoms with E-state index in [0.29, 0.717) is 17.4 Å². The molecule has 0 saturated heterocycles. The van der Waals surface area contributed by atoms with Crippen molar-refractivity contribution in [2.45, 2.75) is 16.3 Å². The molecule has 1 amide bonds. The molecule has 0 bridgehead atoms. The smallest absolute Gasteiger partial charge is 0.240 e. The quantitative estimate of drug-likeness (QED) is 0.534. The first kappa shape index (κ1) is 17.9. The predicted octanol–water partition coefficient (Wildman–Crippen LogP) is 2.92. The molecule has 0 spiro atoms. The summed E-state index contributed by atoms with van der Waals surface area (Å²) in [6, 6.07) is 11.6. The van der Waals surface area contributed by atoms with Crippen LogP contribution in [0.5, 0.6) is 0 Å². The average Bonchev–Trinajstić information content (AvgIpc) is 3.00. The van der Waals surface area contributed by atoms with Gasteiger partial charge in [0.15, 0.2) is 0 Å². The monoisotopic (exact) mass is 372 g/mol. The van der Waals surface area contributed by atoms with Crippen LogP contribution in [0.4, 0.5) is 4.39 Å². The van der Waals surface area contributed by atoms with E-state index in [1.54, 1.807) is 34.9 Å². The second-order valence-corrected chi connectivity index (χ2v) is 7.61. The number of carbonyl (C=O) groups is 1. The number of nitrogens with zero attached hydrogens (tertiary/aromatic N) is 1. The highest BCUT2D eigenvalue weighted by atomic mass is 32.2. The molecule has 0 atom stereocenters. The molecule has 0 aliphatic heterocycles. The molecule has 1 N–H and O–H groups in total. The molecular weight excluding hydrogens is 355 g/mol. The van der Waals surface area contributed by atoms with Gasteiger partial charge in [-0.15, -0.1) is 6.58 Å². The van der Waals surface area contributed by atoms with Crippen LogP contribution in [-0.4, -0.2) is 25.4 Å². The molecule has 0 radical (unpaired) electrons. The van der Waals surface area contributed by atoms with Gasteiger partial charge in [-0.3, -0.25) is 4.79 Å². The fourth-order valence-corrected chi connectivity index (χ4v) is 4.17. The minimum absolute atomic E-state index is 0.00193. The van der Waals surface area contributed by atoms with Gasteiger partial charge in [0, 0.05) is 23.6 Å². The Balaban J connectivity index is 2.08. The van der Waals surface area contributed by atoms with E-state index in [9.17, 15) is 17.6 Å². The van der Waals surface area contributed by atoms with E-state index < -0.39 is 15.7 Å². The summed E-state index contributed by atoms with van der Waals surface area (Å²) in [7, 11) is -3.85. The van der Waals surface area contributed by atoms with Crippen LogP contribution in [0.25, 0.3) is 10.9 Å². The lowest BCUT2D eigenvalue weighted by atomic mass is 10.2. The fourth-order valence-electron chi connectivity index (χ4n) is 2.70. The molecule has 3 rings (SSSR count). The molecule has 0 unspecified atom stereocenters. The van der Waals surface area contributed by atoms with Crippen LogP contribution in [0.1, 0.15) is 0 Å². The van der Waals surface area contributed by atoms with Crippen LogP contribution in [0.2, 0.25) is 0 Å². The number of para-hydroxylation sites is 1. The molecule has 0 fully saturated rings. The Morgan fingerprint density at radius 3 is 2.54 bits per heavy atom. The lowest BCUT2D eigenvalue weighted by Crippen LogP contribution is -2.27. The van der Waals surface area contributed by atoms with Crippen LogP contribution in [0.15, 0.2) is 77.2 Å². The summed E-state index contributed by atoms with van der Waals surface area (Å²) in [5.41, 5.74) is 0.627. The van der Waals surface area contributed by atoms with Crippen molar-refractivity contribution >= 4 is 26.6 Å². The first-order valence-corrected chi connectivity index (χ1v) is 9.38. The zero-order valence-electron chi connectivity index (χ0n) is 13.9. The molecule has 1 heterocycles. The number of benzene rings is 2. The first-order chi connectivity index (χ1) is 12.4. The fraction of sp³-hybridized carbons (Fsp3) is 0.105. The van der Waals surface area contributed by atoms with Gasteiger partial charge in [-0.25, -0.2) is 12.8 Å². The number of hydrogen-bond acceptors (Lipinski definition) is 3. The topological polar surface area (TPSA) is 68.2 Å². The molecule has 0 aliphatic rings. The maximum atomic E-state index is 13.1. The minimum atomic E-state index is -3.85. The van der Waals surface area contributed by atoms with Gasteiger partial charge in [0.2, 0.25) is 15.7 Å². The molecule has 26 heavy (non-hydrogen) atoms. The van der Waals surface area contributed by atoms with Crippen LogP contribution in [0.3, 0.4) is 0 Å².